The molecule has 0 unspecified atom stereocenters. The fourth-order valence-corrected chi connectivity index (χ4v) is 6.00. The number of phenols is 1. The molecule has 1 fully saturated rings. The van der Waals surface area contributed by atoms with Crippen LogP contribution in [0.3, 0.4) is 0 Å². The van der Waals surface area contributed by atoms with Crippen molar-refractivity contribution in [2.45, 2.75) is 51.0 Å². The van der Waals surface area contributed by atoms with E-state index >= 15 is 0 Å². The topological polar surface area (TPSA) is 31.8 Å². The van der Waals surface area contributed by atoms with Crippen molar-refractivity contribution >= 4 is 33.0 Å². The number of pyridine rings is 1. The Hall–Kier alpha value is -2.75. The van der Waals surface area contributed by atoms with Crippen LogP contribution in [0.1, 0.15) is 43.7 Å². The molecule has 0 radical (unpaired) electrons. The number of aryl methyl sites for hydroxylation is 2. The second-order valence-electron chi connectivity index (χ2n) is 9.51. The van der Waals surface area contributed by atoms with Crippen LogP contribution in [-0.4, -0.2) is 22.6 Å². The van der Waals surface area contributed by atoms with E-state index in [1.54, 1.807) is 0 Å². The second-order valence-corrected chi connectivity index (χ2v) is 9.51. The summed E-state index contributed by atoms with van der Waals surface area (Å²) in [6, 6.07) is 8.51. The zero-order valence-electron chi connectivity index (χ0n) is 16.9. The summed E-state index contributed by atoms with van der Waals surface area (Å²) in [5.74, 6) is 0.392. The lowest BCUT2D eigenvalue weighted by Crippen LogP contribution is -2.43. The van der Waals surface area contributed by atoms with Crippen molar-refractivity contribution in [3.05, 3.63) is 47.8 Å². The van der Waals surface area contributed by atoms with Gasteiger partial charge in [0.15, 0.2) is 0 Å². The minimum Gasteiger partial charge on any atom is -0.507 e. The summed E-state index contributed by atoms with van der Waals surface area (Å²) in [7, 11) is 0. The van der Waals surface area contributed by atoms with Crippen LogP contribution in [0.25, 0.3) is 27.3 Å². The Morgan fingerprint density at radius 2 is 1.90 bits per heavy atom. The quantitative estimate of drug-likeness (QED) is 0.388. The fourth-order valence-electron chi connectivity index (χ4n) is 6.00. The van der Waals surface area contributed by atoms with Crippen LogP contribution in [0, 0.1) is 0 Å². The normalized spacial score (nSPS) is 19.8. The number of fused-ring (bicyclic) bond motifs is 7. The van der Waals surface area contributed by atoms with Crippen LogP contribution >= 0.6 is 0 Å². The van der Waals surface area contributed by atoms with E-state index in [1.165, 1.54) is 78.3 Å². The van der Waals surface area contributed by atoms with Gasteiger partial charge in [-0.2, -0.15) is 4.40 Å². The average molecular weight is 385 g/mol. The fraction of sp³-hybridized carbons (Fsp3) is 0.400. The average Bonchev–Trinajstić information content (AvgIpc) is 3.31. The number of hydrogen-bond donors (Lipinski definition) is 1. The molecule has 1 aliphatic carbocycles. The van der Waals surface area contributed by atoms with Crippen molar-refractivity contribution in [1.29, 1.82) is 0 Å². The molecule has 4 aromatic rings. The molecule has 0 saturated heterocycles. The lowest BCUT2D eigenvalue weighted by Gasteiger charge is -2.37. The summed E-state index contributed by atoms with van der Waals surface area (Å²) < 4.78 is 4.76. The van der Waals surface area contributed by atoms with Crippen molar-refractivity contribution in [2.75, 3.05) is 18.0 Å². The molecule has 4 heteroatoms. The van der Waals surface area contributed by atoms with Crippen LogP contribution in [0.5, 0.6) is 5.75 Å². The third-order valence-corrected chi connectivity index (χ3v) is 7.68. The van der Waals surface area contributed by atoms with Gasteiger partial charge < -0.3 is 10.0 Å². The van der Waals surface area contributed by atoms with E-state index < -0.39 is 0 Å². The van der Waals surface area contributed by atoms with E-state index in [2.05, 4.69) is 45.3 Å². The van der Waals surface area contributed by atoms with Gasteiger partial charge in [0.05, 0.1) is 0 Å². The highest BCUT2D eigenvalue weighted by Gasteiger charge is 2.46. The van der Waals surface area contributed by atoms with Crippen LogP contribution in [-0.2, 0) is 18.4 Å². The van der Waals surface area contributed by atoms with Gasteiger partial charge in [0.25, 0.3) is 5.65 Å². The third-order valence-electron chi connectivity index (χ3n) is 7.68. The van der Waals surface area contributed by atoms with Gasteiger partial charge in [0.1, 0.15) is 34.6 Å². The van der Waals surface area contributed by atoms with Crippen molar-refractivity contribution in [1.82, 2.24) is 4.40 Å². The van der Waals surface area contributed by atoms with Crippen LogP contribution in [0.4, 0.5) is 5.69 Å². The smallest absolute Gasteiger partial charge is 0.298 e. The molecule has 2 aromatic carbocycles. The van der Waals surface area contributed by atoms with Gasteiger partial charge in [0.2, 0.25) is 0 Å². The van der Waals surface area contributed by atoms with Crippen LogP contribution in [0.15, 0.2) is 36.7 Å². The lowest BCUT2D eigenvalue weighted by atomic mass is 9.87. The molecule has 0 bridgehead atoms. The van der Waals surface area contributed by atoms with Crippen molar-refractivity contribution in [3.63, 3.8) is 0 Å². The van der Waals surface area contributed by atoms with Gasteiger partial charge in [0, 0.05) is 29.5 Å². The van der Waals surface area contributed by atoms with E-state index in [9.17, 15) is 5.11 Å². The van der Waals surface area contributed by atoms with E-state index in [1.807, 2.05) is 12.1 Å². The lowest BCUT2D eigenvalue weighted by molar-refractivity contribution is -0.710. The molecule has 0 spiro atoms. The third kappa shape index (κ3) is 1.97. The first-order valence-corrected chi connectivity index (χ1v) is 11.1. The molecular weight excluding hydrogens is 358 g/mol. The Morgan fingerprint density at radius 1 is 1.07 bits per heavy atom. The highest BCUT2D eigenvalue weighted by Crippen LogP contribution is 2.45. The number of hydrogen-bond acceptors (Lipinski definition) is 2. The molecule has 1 N–H and O–H groups in total. The number of benzene rings is 2. The van der Waals surface area contributed by atoms with Crippen LogP contribution < -0.4 is 9.47 Å². The van der Waals surface area contributed by atoms with Gasteiger partial charge in [-0.25, -0.2) is 4.57 Å². The number of aromatic hydroxyl groups is 1. The highest BCUT2D eigenvalue weighted by atomic mass is 16.3. The first kappa shape index (κ1) is 16.1. The first-order chi connectivity index (χ1) is 14.2. The number of rotatable bonds is 1. The second kappa shape index (κ2) is 5.24. The number of aromatic nitrogens is 2. The summed E-state index contributed by atoms with van der Waals surface area (Å²) in [5, 5.41) is 14.5. The number of imidazole rings is 1. The molecule has 146 valence electrons. The zero-order chi connectivity index (χ0) is 19.3. The van der Waals surface area contributed by atoms with Gasteiger partial charge >= 0.3 is 0 Å². The molecule has 7 rings (SSSR count). The zero-order valence-corrected chi connectivity index (χ0v) is 16.9. The SMILES string of the molecule is CC1([n+]2ccn3c4cc5c6c(c4c4cccc(O)c4c32)CCCN6CCC5)CC1. The van der Waals surface area contributed by atoms with Crippen LogP contribution in [0.2, 0.25) is 0 Å². The van der Waals surface area contributed by atoms with Gasteiger partial charge in [-0.05, 0) is 68.7 Å². The van der Waals surface area contributed by atoms with E-state index in [0.717, 1.165) is 17.5 Å². The number of anilines is 1. The summed E-state index contributed by atoms with van der Waals surface area (Å²) in [6.07, 6.45) is 11.6. The minimum absolute atomic E-state index is 0.177. The van der Waals surface area contributed by atoms with Crippen molar-refractivity contribution < 1.29 is 9.67 Å². The van der Waals surface area contributed by atoms with E-state index in [0.29, 0.717) is 5.75 Å². The van der Waals surface area contributed by atoms with E-state index in [-0.39, 0.29) is 5.54 Å². The Kier molecular flexibility index (Phi) is 2.91. The minimum atomic E-state index is 0.177. The highest BCUT2D eigenvalue weighted by molar-refractivity contribution is 6.16. The number of phenolic OH excluding ortho intramolecular Hbond substituents is 1. The molecule has 2 aromatic heterocycles. The summed E-state index contributed by atoms with van der Waals surface area (Å²) in [4.78, 5) is 2.61. The number of nitrogens with zero attached hydrogens (tertiary/aromatic N) is 3. The Morgan fingerprint density at radius 3 is 2.72 bits per heavy atom. The molecular formula is C25H26N3O+. The maximum absolute atomic E-state index is 11.0. The summed E-state index contributed by atoms with van der Waals surface area (Å²) in [5.41, 5.74) is 7.13. The van der Waals surface area contributed by atoms with Gasteiger partial charge in [-0.1, -0.05) is 12.1 Å². The Balaban J connectivity index is 1.74. The van der Waals surface area contributed by atoms with Crippen molar-refractivity contribution in [3.8, 4) is 5.75 Å². The molecule has 0 amide bonds. The molecule has 1 saturated carbocycles. The van der Waals surface area contributed by atoms with Crippen molar-refractivity contribution in [2.24, 2.45) is 0 Å². The summed E-state index contributed by atoms with van der Waals surface area (Å²) in [6.45, 7) is 4.69. The molecule has 0 atom stereocenters. The molecule has 2 aliphatic heterocycles. The largest absolute Gasteiger partial charge is 0.507 e. The molecule has 3 aliphatic rings. The predicted octanol–water partition coefficient (Wildman–Crippen LogP) is 4.45. The Labute approximate surface area is 170 Å². The maximum atomic E-state index is 11.0. The molecule has 4 heterocycles. The monoisotopic (exact) mass is 384 g/mol. The first-order valence-electron chi connectivity index (χ1n) is 11.1. The van der Waals surface area contributed by atoms with Gasteiger partial charge in [-0.3, -0.25) is 0 Å². The Bertz CT molecular complexity index is 1340. The standard InChI is InChI=1S/C25H25N3O/c1-25(9-10-25)28-14-13-27-19-15-16-5-3-11-26-12-4-7-18(23(16)26)21(19)17-6-2-8-20(29)22(17)24(27)28/h2,6,8,13-15H,3-5,7,9-12H2,1H3/p+1. The maximum Gasteiger partial charge on any atom is 0.298 e. The summed E-state index contributed by atoms with van der Waals surface area (Å²) >= 11 is 0. The molecule has 4 nitrogen and oxygen atoms in total. The van der Waals surface area contributed by atoms with Gasteiger partial charge in [-0.15, -0.1) is 0 Å². The van der Waals surface area contributed by atoms with E-state index in [4.69, 9.17) is 0 Å². The molecule has 29 heavy (non-hydrogen) atoms. The predicted molar refractivity (Wildman–Crippen MR) is 116 cm³/mol.